The molecule has 0 unspecified atom stereocenters. The molecule has 4 rings (SSSR count). The van der Waals surface area contributed by atoms with E-state index in [0.29, 0.717) is 0 Å². The lowest BCUT2D eigenvalue weighted by Gasteiger charge is -2.37. The van der Waals surface area contributed by atoms with E-state index in [0.717, 1.165) is 21.6 Å². The van der Waals surface area contributed by atoms with Crippen molar-refractivity contribution < 1.29 is 29.0 Å². The van der Waals surface area contributed by atoms with E-state index in [-0.39, 0.29) is 30.7 Å². The van der Waals surface area contributed by atoms with E-state index in [1.165, 1.54) is 0 Å². The number of carbonyl (C=O) groups is 3. The molecule has 1 heterocycles. The Morgan fingerprint density at radius 3 is 1.55 bits per heavy atom. The number of unbranched alkanes of at least 4 members (excludes halogenated alkanes) is 1. The van der Waals surface area contributed by atoms with Gasteiger partial charge in [-0.15, -0.1) is 0 Å². The summed E-state index contributed by atoms with van der Waals surface area (Å²) in [5.74, 6) is -1.14. The smallest absolute Gasteiger partial charge is 0.419 e. The van der Waals surface area contributed by atoms with Crippen LogP contribution in [0.1, 0.15) is 76.8 Å². The number of rotatable bonds is 10. The summed E-state index contributed by atoms with van der Waals surface area (Å²) < 4.78 is 12.8. The molecule has 246 valence electrons. The van der Waals surface area contributed by atoms with Crippen LogP contribution in [0.4, 0.5) is 9.59 Å². The summed E-state index contributed by atoms with van der Waals surface area (Å²) >= 11 is 0. The van der Waals surface area contributed by atoms with Gasteiger partial charge >= 0.3 is 18.2 Å². The van der Waals surface area contributed by atoms with Crippen molar-refractivity contribution in [2.75, 3.05) is 6.54 Å². The van der Waals surface area contributed by atoms with Crippen molar-refractivity contribution in [3.8, 4) is 0 Å². The fraction of sp³-hybridized carbons (Fsp3) is 0.316. The lowest BCUT2D eigenvalue weighted by atomic mass is 9.77. The number of nitrogens with zero attached hydrogens (tertiary/aromatic N) is 3. The van der Waals surface area contributed by atoms with E-state index in [2.05, 4.69) is 41.4 Å². The van der Waals surface area contributed by atoms with E-state index in [4.69, 9.17) is 9.47 Å². The maximum Gasteiger partial charge on any atom is 0.419 e. The van der Waals surface area contributed by atoms with E-state index >= 15 is 0 Å². The van der Waals surface area contributed by atoms with Crippen LogP contribution in [0.25, 0.3) is 5.57 Å². The fourth-order valence-corrected chi connectivity index (χ4v) is 5.32. The summed E-state index contributed by atoms with van der Waals surface area (Å²) in [4.78, 5) is 43.8. The van der Waals surface area contributed by atoms with Crippen molar-refractivity contribution in [2.24, 2.45) is 0 Å². The molecule has 0 saturated carbocycles. The summed E-state index contributed by atoms with van der Waals surface area (Å²) in [6.45, 7) is 10.2. The first-order valence-corrected chi connectivity index (χ1v) is 15.6. The maximum atomic E-state index is 12.9. The van der Waals surface area contributed by atoms with Gasteiger partial charge in [-0.25, -0.2) is 24.3 Å². The van der Waals surface area contributed by atoms with Crippen LogP contribution in [0.3, 0.4) is 0 Å². The van der Waals surface area contributed by atoms with E-state index in [1.807, 2.05) is 59.2 Å². The molecular formula is C38H43N3O6. The highest BCUT2D eigenvalue weighted by Crippen LogP contribution is 2.41. The Labute approximate surface area is 276 Å². The topological polar surface area (TPSA) is 111 Å². The Morgan fingerprint density at radius 2 is 1.17 bits per heavy atom. The van der Waals surface area contributed by atoms with Crippen LogP contribution in [0.15, 0.2) is 110 Å². The highest BCUT2D eigenvalue weighted by molar-refractivity contribution is 6.14. The molecule has 0 bridgehead atoms. The number of aliphatic carboxylic acids is 1. The molecule has 0 saturated heterocycles. The molecule has 1 N–H and O–H groups in total. The first-order valence-electron chi connectivity index (χ1n) is 15.6. The minimum absolute atomic E-state index is 0.00733. The number of amides is 2. The van der Waals surface area contributed by atoms with Crippen molar-refractivity contribution in [3.05, 3.63) is 132 Å². The average molecular weight is 638 g/mol. The van der Waals surface area contributed by atoms with E-state index < -0.39 is 34.9 Å². The number of carboxylic acid groups (broad SMARTS) is 1. The molecule has 0 spiro atoms. The second-order valence-corrected chi connectivity index (χ2v) is 13.2. The number of aromatic nitrogens is 2. The number of allylic oxidation sites excluding steroid dienone is 1. The third-order valence-electron chi connectivity index (χ3n) is 7.21. The molecule has 9 nitrogen and oxygen atoms in total. The Morgan fingerprint density at radius 1 is 0.745 bits per heavy atom. The van der Waals surface area contributed by atoms with Crippen LogP contribution >= 0.6 is 0 Å². The number of benzene rings is 3. The van der Waals surface area contributed by atoms with Gasteiger partial charge in [0.25, 0.3) is 0 Å². The number of hydrogen-bond donors (Lipinski definition) is 1. The largest absolute Gasteiger partial charge is 0.478 e. The zero-order valence-electron chi connectivity index (χ0n) is 27.8. The standard InChI is InChI=1S/C38H43N3O6/c1-36(2,3)46-34(44)41(35(45)47-37(4,5)6)25-17-16-24-31(33(42)43)32-26-40(27-39-32)38(28-18-10-7-11-19-28,29-20-12-8-13-21-29)30-22-14-9-15-23-30/h7-15,18-24,26-27H,16-17,25H2,1-6H3,(H,42,43)/b31-24-. The highest BCUT2D eigenvalue weighted by atomic mass is 16.6. The van der Waals surface area contributed by atoms with Gasteiger partial charge < -0.3 is 19.1 Å². The monoisotopic (exact) mass is 637 g/mol. The first kappa shape index (κ1) is 34.7. The normalized spacial score (nSPS) is 12.3. The number of hydrogen-bond acceptors (Lipinski definition) is 6. The predicted molar refractivity (Wildman–Crippen MR) is 181 cm³/mol. The summed E-state index contributed by atoms with van der Waals surface area (Å²) in [7, 11) is 0. The Balaban J connectivity index is 1.68. The summed E-state index contributed by atoms with van der Waals surface area (Å²) in [6, 6.07) is 30.1. The molecule has 0 fully saturated rings. The summed E-state index contributed by atoms with van der Waals surface area (Å²) in [5, 5.41) is 10.3. The van der Waals surface area contributed by atoms with Gasteiger partial charge in [-0.1, -0.05) is 97.1 Å². The van der Waals surface area contributed by atoms with Crippen molar-refractivity contribution >= 4 is 23.7 Å². The van der Waals surface area contributed by atoms with Crippen molar-refractivity contribution in [1.29, 1.82) is 0 Å². The van der Waals surface area contributed by atoms with E-state index in [9.17, 15) is 19.5 Å². The number of carboxylic acids is 1. The Bertz CT molecular complexity index is 1560. The Hall–Kier alpha value is -5.18. The van der Waals surface area contributed by atoms with E-state index in [1.54, 1.807) is 60.1 Å². The molecule has 9 heteroatoms. The zero-order valence-corrected chi connectivity index (χ0v) is 27.8. The van der Waals surface area contributed by atoms with Gasteiger partial charge in [-0.3, -0.25) is 0 Å². The van der Waals surface area contributed by atoms with Gasteiger partial charge in [-0.2, -0.15) is 0 Å². The molecule has 4 aromatic rings. The number of imidazole rings is 1. The number of ether oxygens (including phenoxy) is 2. The number of imide groups is 1. The molecule has 0 aliphatic rings. The van der Waals surface area contributed by atoms with Gasteiger partial charge in [0.15, 0.2) is 0 Å². The maximum absolute atomic E-state index is 12.9. The zero-order chi connectivity index (χ0) is 34.2. The minimum atomic E-state index is -1.14. The van der Waals surface area contributed by atoms with Crippen LogP contribution in [0.2, 0.25) is 0 Å². The van der Waals surface area contributed by atoms with Crippen LogP contribution in [0, 0.1) is 0 Å². The minimum Gasteiger partial charge on any atom is -0.478 e. The average Bonchev–Trinajstić information content (AvgIpc) is 3.49. The lowest BCUT2D eigenvalue weighted by molar-refractivity contribution is -0.130. The second-order valence-electron chi connectivity index (χ2n) is 13.2. The molecule has 3 aromatic carbocycles. The molecule has 0 radical (unpaired) electrons. The first-order chi connectivity index (χ1) is 22.2. The third kappa shape index (κ3) is 8.55. The van der Waals surface area contributed by atoms with Crippen LogP contribution < -0.4 is 0 Å². The quantitative estimate of drug-likeness (QED) is 0.106. The fourth-order valence-electron chi connectivity index (χ4n) is 5.32. The van der Waals surface area contributed by atoms with Crippen LogP contribution in [-0.2, 0) is 19.8 Å². The van der Waals surface area contributed by atoms with Gasteiger partial charge in [-0.05, 0) is 71.1 Å². The van der Waals surface area contributed by atoms with Gasteiger partial charge in [0.2, 0.25) is 0 Å². The Kier molecular flexibility index (Phi) is 10.7. The molecular weight excluding hydrogens is 594 g/mol. The molecule has 2 amide bonds. The van der Waals surface area contributed by atoms with Crippen molar-refractivity contribution in [2.45, 2.75) is 71.1 Å². The van der Waals surface area contributed by atoms with Gasteiger partial charge in [0, 0.05) is 12.7 Å². The van der Waals surface area contributed by atoms with Crippen molar-refractivity contribution in [1.82, 2.24) is 14.5 Å². The molecule has 1 aromatic heterocycles. The predicted octanol–water partition coefficient (Wildman–Crippen LogP) is 8.14. The number of carbonyl (C=O) groups excluding carboxylic acids is 2. The SMILES string of the molecule is CC(C)(C)OC(=O)N(CCC/C=C(\C(=O)O)c1cn(C(c2ccccc2)(c2ccccc2)c2ccccc2)cn1)C(=O)OC(C)(C)C. The van der Waals surface area contributed by atoms with Crippen molar-refractivity contribution in [3.63, 3.8) is 0 Å². The summed E-state index contributed by atoms with van der Waals surface area (Å²) in [6.07, 6.45) is 3.84. The summed E-state index contributed by atoms with van der Waals surface area (Å²) in [5.41, 5.74) is 0.737. The molecule has 0 aliphatic carbocycles. The van der Waals surface area contributed by atoms with Gasteiger partial charge in [0.1, 0.15) is 16.7 Å². The lowest BCUT2D eigenvalue weighted by Crippen LogP contribution is -2.44. The third-order valence-corrected chi connectivity index (χ3v) is 7.21. The second kappa shape index (κ2) is 14.5. The van der Waals surface area contributed by atoms with Crippen LogP contribution in [-0.4, -0.2) is 55.5 Å². The molecule has 0 atom stereocenters. The molecule has 0 aliphatic heterocycles. The van der Waals surface area contributed by atoms with Gasteiger partial charge in [0.05, 0.1) is 17.6 Å². The highest BCUT2D eigenvalue weighted by Gasteiger charge is 2.38. The molecule has 47 heavy (non-hydrogen) atoms. The van der Waals surface area contributed by atoms with Crippen LogP contribution in [0.5, 0.6) is 0 Å².